The Bertz CT molecular complexity index is 1920. The lowest BCUT2D eigenvalue weighted by atomic mass is 9.83. The van der Waals surface area contributed by atoms with Crippen molar-refractivity contribution < 1.29 is 4.57 Å². The molecule has 4 aromatic rings. The lowest BCUT2D eigenvalue weighted by Gasteiger charge is -2.41. The molecule has 1 aliphatic carbocycles. The van der Waals surface area contributed by atoms with Gasteiger partial charge in [0.1, 0.15) is 17.9 Å². The molecule has 0 spiro atoms. The Kier molecular flexibility index (Phi) is 12.9. The number of likely N-dealkylation sites (tertiary alicyclic amines) is 2. The van der Waals surface area contributed by atoms with Crippen LogP contribution >= 0.6 is 0 Å². The Morgan fingerprint density at radius 3 is 2.19 bits per heavy atom. The normalized spacial score (nSPS) is 28.1. The van der Waals surface area contributed by atoms with Crippen molar-refractivity contribution in [3.8, 4) is 0 Å². The zero-order chi connectivity index (χ0) is 39.6. The first-order valence-electron chi connectivity index (χ1n) is 24.4. The Labute approximate surface area is 350 Å². The standard InChI is InChI=1S/C50H77N8/c1-5-14-36(2)37(3)54-31-27-43(28-32-54)58-48-22-11-10-21-47(48)57(50(58)40-16-12-29-51-35-40)41-17-7-6-15-39(23-24-41)38(4)55-33-25-42(26-34-55)56-46-20-9-8-18-44(46)53-49(56)45-19-13-30-52-45/h8-11,18,20-22,36-43,45,51-52H,5-7,12-17,19,23-35H2,1-4H3/q+1. The van der Waals surface area contributed by atoms with Gasteiger partial charge in [0.05, 0.1) is 23.0 Å². The van der Waals surface area contributed by atoms with Crippen molar-refractivity contribution in [1.82, 2.24) is 34.6 Å². The van der Waals surface area contributed by atoms with Crippen molar-refractivity contribution in [2.24, 2.45) is 11.8 Å². The van der Waals surface area contributed by atoms with Gasteiger partial charge in [-0.3, -0.25) is 0 Å². The maximum atomic E-state index is 5.23. The van der Waals surface area contributed by atoms with Crippen LogP contribution in [0.15, 0.2) is 48.5 Å². The summed E-state index contributed by atoms with van der Waals surface area (Å²) < 4.78 is 8.53. The van der Waals surface area contributed by atoms with Crippen LogP contribution in [0, 0.1) is 11.8 Å². The molecular weight excluding hydrogens is 713 g/mol. The fraction of sp³-hybridized carbons (Fsp3) is 0.720. The molecule has 2 N–H and O–H groups in total. The Hall–Kier alpha value is -2.78. The molecular formula is C50H77N8+. The molecule has 5 fully saturated rings. The first kappa shape index (κ1) is 40.6. The molecule has 2 aromatic carbocycles. The Balaban J connectivity index is 0.926. The second-order valence-electron chi connectivity index (χ2n) is 19.7. The van der Waals surface area contributed by atoms with Crippen LogP contribution in [0.25, 0.3) is 22.1 Å². The predicted octanol–water partition coefficient (Wildman–Crippen LogP) is 9.87. The highest BCUT2D eigenvalue weighted by molar-refractivity contribution is 5.76. The number of nitrogens with one attached hydrogen (secondary N) is 2. The smallest absolute Gasteiger partial charge is 0.262 e. The highest BCUT2D eigenvalue weighted by atomic mass is 15.2. The van der Waals surface area contributed by atoms with E-state index in [1.54, 1.807) is 5.82 Å². The summed E-state index contributed by atoms with van der Waals surface area (Å²) in [5.74, 6) is 5.07. The van der Waals surface area contributed by atoms with Crippen molar-refractivity contribution in [3.05, 3.63) is 60.2 Å². The van der Waals surface area contributed by atoms with E-state index in [-0.39, 0.29) is 0 Å². The summed E-state index contributed by atoms with van der Waals surface area (Å²) in [4.78, 5) is 10.9. The van der Waals surface area contributed by atoms with Gasteiger partial charge in [0.15, 0.2) is 11.0 Å². The summed E-state index contributed by atoms with van der Waals surface area (Å²) in [6, 6.07) is 21.9. The molecule has 7 unspecified atom stereocenters. The van der Waals surface area contributed by atoms with Gasteiger partial charge >= 0.3 is 0 Å². The van der Waals surface area contributed by atoms with E-state index in [2.05, 4.69) is 110 Å². The summed E-state index contributed by atoms with van der Waals surface area (Å²) in [7, 11) is 0. The number of aromatic nitrogens is 4. The zero-order valence-corrected chi connectivity index (χ0v) is 36.8. The van der Waals surface area contributed by atoms with E-state index in [9.17, 15) is 0 Å². The van der Waals surface area contributed by atoms with Crippen LogP contribution in [0.4, 0.5) is 0 Å². The number of fused-ring (bicyclic) bond motifs is 2. The van der Waals surface area contributed by atoms with Crippen LogP contribution < -0.4 is 15.2 Å². The number of hydrogen-bond acceptors (Lipinski definition) is 5. The molecule has 1 saturated carbocycles. The molecule has 4 aliphatic heterocycles. The van der Waals surface area contributed by atoms with Crippen LogP contribution in [0.2, 0.25) is 0 Å². The summed E-state index contributed by atoms with van der Waals surface area (Å²) in [5, 5.41) is 7.62. The summed E-state index contributed by atoms with van der Waals surface area (Å²) >= 11 is 0. The fourth-order valence-corrected chi connectivity index (χ4v) is 12.7. The fourth-order valence-electron chi connectivity index (χ4n) is 12.7. The lowest BCUT2D eigenvalue weighted by molar-refractivity contribution is -0.711. The van der Waals surface area contributed by atoms with E-state index in [1.807, 2.05) is 0 Å². The first-order chi connectivity index (χ1) is 28.5. The molecule has 9 rings (SSSR count). The number of nitrogens with zero attached hydrogens (tertiary/aromatic N) is 6. The molecule has 7 atom stereocenters. The van der Waals surface area contributed by atoms with E-state index in [0.29, 0.717) is 42.2 Å². The van der Waals surface area contributed by atoms with Gasteiger partial charge in [0, 0.05) is 63.7 Å². The molecule has 0 amide bonds. The number of benzene rings is 2. The summed E-state index contributed by atoms with van der Waals surface area (Å²) in [6.45, 7) is 18.2. The van der Waals surface area contributed by atoms with E-state index < -0.39 is 0 Å². The van der Waals surface area contributed by atoms with Crippen LogP contribution in [0.3, 0.4) is 0 Å². The molecule has 6 heterocycles. The van der Waals surface area contributed by atoms with Crippen molar-refractivity contribution in [2.75, 3.05) is 45.8 Å². The molecule has 0 radical (unpaired) electrons. The molecule has 316 valence electrons. The monoisotopic (exact) mass is 790 g/mol. The van der Waals surface area contributed by atoms with Crippen molar-refractivity contribution in [2.45, 2.75) is 173 Å². The molecule has 0 bridgehead atoms. The van der Waals surface area contributed by atoms with Gasteiger partial charge < -0.3 is 25.0 Å². The second-order valence-corrected chi connectivity index (χ2v) is 19.7. The lowest BCUT2D eigenvalue weighted by Crippen LogP contribution is -2.52. The summed E-state index contributed by atoms with van der Waals surface area (Å²) in [5.41, 5.74) is 5.51. The number of rotatable bonds is 11. The Morgan fingerprint density at radius 1 is 0.707 bits per heavy atom. The third kappa shape index (κ3) is 8.18. The van der Waals surface area contributed by atoms with Crippen LogP contribution in [-0.2, 0) is 0 Å². The summed E-state index contributed by atoms with van der Waals surface area (Å²) in [6.07, 6.45) is 20.7. The van der Waals surface area contributed by atoms with Gasteiger partial charge in [-0.1, -0.05) is 51.0 Å². The SMILES string of the molecule is CCCC(C)C(C)N1CCC([n+]2c(C3CCCNC3)n(C3CCCCC(C(C)N4CCC(n5c(C6CCCN6)nc6ccccc65)CC4)CC3)c3ccccc32)CC1. The zero-order valence-electron chi connectivity index (χ0n) is 36.8. The molecule has 8 heteroatoms. The van der Waals surface area contributed by atoms with Crippen LogP contribution in [0.5, 0.6) is 0 Å². The van der Waals surface area contributed by atoms with Crippen molar-refractivity contribution in [3.63, 3.8) is 0 Å². The second kappa shape index (κ2) is 18.5. The number of hydrogen-bond donors (Lipinski definition) is 2. The molecule has 8 nitrogen and oxygen atoms in total. The van der Waals surface area contributed by atoms with Gasteiger partial charge in [0.25, 0.3) is 5.82 Å². The highest BCUT2D eigenvalue weighted by Gasteiger charge is 2.41. The average molecular weight is 790 g/mol. The van der Waals surface area contributed by atoms with Crippen molar-refractivity contribution in [1.29, 1.82) is 0 Å². The third-order valence-corrected chi connectivity index (χ3v) is 16.3. The van der Waals surface area contributed by atoms with E-state index in [1.165, 1.54) is 163 Å². The maximum absolute atomic E-state index is 5.23. The quantitative estimate of drug-likeness (QED) is 0.148. The van der Waals surface area contributed by atoms with Crippen LogP contribution in [-0.4, -0.2) is 81.8 Å². The highest BCUT2D eigenvalue weighted by Crippen LogP contribution is 2.40. The van der Waals surface area contributed by atoms with E-state index in [4.69, 9.17) is 4.98 Å². The number of para-hydroxylation sites is 4. The molecule has 5 aliphatic rings. The third-order valence-electron chi connectivity index (χ3n) is 16.3. The van der Waals surface area contributed by atoms with E-state index >= 15 is 0 Å². The molecule has 58 heavy (non-hydrogen) atoms. The van der Waals surface area contributed by atoms with Gasteiger partial charge in [0.2, 0.25) is 0 Å². The minimum atomic E-state index is 0.398. The first-order valence-corrected chi connectivity index (χ1v) is 24.4. The van der Waals surface area contributed by atoms with Gasteiger partial charge in [-0.15, -0.1) is 0 Å². The number of imidazole rings is 2. The average Bonchev–Trinajstić information content (AvgIpc) is 4.01. The van der Waals surface area contributed by atoms with Gasteiger partial charge in [-0.25, -0.2) is 14.1 Å². The maximum Gasteiger partial charge on any atom is 0.262 e. The van der Waals surface area contributed by atoms with Crippen LogP contribution in [0.1, 0.15) is 172 Å². The number of piperidine rings is 3. The van der Waals surface area contributed by atoms with E-state index in [0.717, 1.165) is 24.9 Å². The topological polar surface area (TPSA) is 57.2 Å². The van der Waals surface area contributed by atoms with Crippen molar-refractivity contribution >= 4 is 22.1 Å². The molecule has 2 aromatic heterocycles. The largest absolute Gasteiger partial charge is 0.323 e. The molecule has 4 saturated heterocycles. The van der Waals surface area contributed by atoms with Gasteiger partial charge in [-0.05, 0) is 140 Å². The predicted molar refractivity (Wildman–Crippen MR) is 240 cm³/mol. The minimum absolute atomic E-state index is 0.398. The van der Waals surface area contributed by atoms with Gasteiger partial charge in [-0.2, -0.15) is 0 Å². The minimum Gasteiger partial charge on any atom is -0.323 e. The Morgan fingerprint density at radius 2 is 1.43 bits per heavy atom.